The fourth-order valence-electron chi connectivity index (χ4n) is 2.60. The van der Waals surface area contributed by atoms with E-state index in [-0.39, 0.29) is 37.5 Å². The largest absolute Gasteiger partial charge is 0.512 e. The number of pyridine rings is 1. The van der Waals surface area contributed by atoms with Gasteiger partial charge in [-0.3, -0.25) is 9.78 Å². The third-order valence-corrected chi connectivity index (χ3v) is 3.50. The molecule has 0 amide bonds. The summed E-state index contributed by atoms with van der Waals surface area (Å²) in [5, 5.41) is 8.91. The fourth-order valence-corrected chi connectivity index (χ4v) is 2.60. The molecule has 0 fully saturated rings. The molecule has 2 aromatic carbocycles. The Hall–Kier alpha value is -2.36. The van der Waals surface area contributed by atoms with Gasteiger partial charge in [0.25, 0.3) is 0 Å². The molecule has 143 valence electrons. The minimum Gasteiger partial charge on any atom is -0.512 e. The summed E-state index contributed by atoms with van der Waals surface area (Å²) in [6.07, 6.45) is 1.17. The molecule has 5 heteroatoms. The van der Waals surface area contributed by atoms with Gasteiger partial charge in [-0.15, -0.1) is 34.9 Å². The van der Waals surface area contributed by atoms with Crippen LogP contribution >= 0.6 is 0 Å². The standard InChI is InChI=1S/C17H13FN.C5H8O2.Ir/c1-11-7-12(2)9-13(8-11)17-10-15(18)14-5-3-4-6-16(14)19-17;1-4(6)3-5(2)7;/h3-8,10H,1-2H3;3,6H,1-2H3;/q-1;;/b;4-3-;. The van der Waals surface area contributed by atoms with Gasteiger partial charge in [-0.05, 0) is 37.7 Å². The maximum atomic E-state index is 14.1. The van der Waals surface area contributed by atoms with Gasteiger partial charge in [-0.1, -0.05) is 26.0 Å². The van der Waals surface area contributed by atoms with Gasteiger partial charge >= 0.3 is 0 Å². The topological polar surface area (TPSA) is 50.2 Å². The van der Waals surface area contributed by atoms with Crippen LogP contribution in [0.5, 0.6) is 0 Å². The zero-order chi connectivity index (χ0) is 19.3. The van der Waals surface area contributed by atoms with Crippen LogP contribution in [0.3, 0.4) is 0 Å². The van der Waals surface area contributed by atoms with Gasteiger partial charge in [0.15, 0.2) is 5.78 Å². The summed E-state index contributed by atoms with van der Waals surface area (Å²) < 4.78 is 14.1. The van der Waals surface area contributed by atoms with Gasteiger partial charge in [-0.25, -0.2) is 4.39 Å². The zero-order valence-corrected chi connectivity index (χ0v) is 18.0. The Morgan fingerprint density at radius 2 is 1.81 bits per heavy atom. The van der Waals surface area contributed by atoms with E-state index in [1.54, 1.807) is 6.07 Å². The molecule has 0 saturated heterocycles. The molecule has 1 heterocycles. The van der Waals surface area contributed by atoms with Crippen molar-refractivity contribution in [2.75, 3.05) is 0 Å². The molecular formula is C22H21FIrNO2-. The summed E-state index contributed by atoms with van der Waals surface area (Å²) in [6.45, 7) is 6.84. The number of carbonyl (C=O) groups excluding carboxylic acids is 1. The summed E-state index contributed by atoms with van der Waals surface area (Å²) >= 11 is 0. The van der Waals surface area contributed by atoms with Gasteiger partial charge in [0, 0.05) is 31.6 Å². The number of para-hydroxylation sites is 1. The smallest absolute Gasteiger partial charge is 0.155 e. The predicted molar refractivity (Wildman–Crippen MR) is 103 cm³/mol. The molecule has 1 radical (unpaired) electrons. The number of aryl methyl sites for hydroxylation is 2. The van der Waals surface area contributed by atoms with E-state index in [0.29, 0.717) is 16.6 Å². The van der Waals surface area contributed by atoms with Crippen LogP contribution in [0.25, 0.3) is 22.2 Å². The Kier molecular flexibility index (Phi) is 8.48. The van der Waals surface area contributed by atoms with Crippen molar-refractivity contribution in [2.45, 2.75) is 27.7 Å². The van der Waals surface area contributed by atoms with Crippen LogP contribution < -0.4 is 0 Å². The van der Waals surface area contributed by atoms with Crippen molar-refractivity contribution in [3.8, 4) is 11.3 Å². The minimum absolute atomic E-state index is 0. The number of aliphatic hydroxyl groups excluding tert-OH is 1. The van der Waals surface area contributed by atoms with E-state index in [0.717, 1.165) is 16.7 Å². The summed E-state index contributed by atoms with van der Waals surface area (Å²) in [7, 11) is 0. The van der Waals surface area contributed by atoms with Crippen LogP contribution in [0, 0.1) is 25.7 Å². The van der Waals surface area contributed by atoms with Crippen LogP contribution in [0.4, 0.5) is 4.39 Å². The normalized spacial score (nSPS) is 10.6. The summed E-state index contributed by atoms with van der Waals surface area (Å²) in [5.74, 6) is -0.305. The average molecular weight is 543 g/mol. The maximum Gasteiger partial charge on any atom is 0.155 e. The molecule has 0 bridgehead atoms. The molecule has 1 aromatic heterocycles. The molecule has 1 N–H and O–H groups in total. The number of carbonyl (C=O) groups is 1. The van der Waals surface area contributed by atoms with E-state index in [4.69, 9.17) is 5.11 Å². The third kappa shape index (κ3) is 6.70. The summed E-state index contributed by atoms with van der Waals surface area (Å²) in [6, 6.07) is 16.0. The molecule has 0 aliphatic carbocycles. The van der Waals surface area contributed by atoms with Crippen molar-refractivity contribution in [2.24, 2.45) is 0 Å². The van der Waals surface area contributed by atoms with Crippen LogP contribution in [0.2, 0.25) is 0 Å². The number of halogens is 1. The second-order valence-corrected chi connectivity index (χ2v) is 6.16. The Balaban J connectivity index is 0.000000395. The minimum atomic E-state index is -0.242. The Morgan fingerprint density at radius 3 is 2.37 bits per heavy atom. The number of nitrogens with zero attached hydrogens (tertiary/aromatic N) is 1. The number of ketones is 1. The van der Waals surface area contributed by atoms with Gasteiger partial charge in [-0.2, -0.15) is 0 Å². The first-order valence-electron chi connectivity index (χ1n) is 8.20. The van der Waals surface area contributed by atoms with Gasteiger partial charge in [0.1, 0.15) is 5.82 Å². The van der Waals surface area contributed by atoms with Crippen molar-refractivity contribution in [3.63, 3.8) is 0 Å². The van der Waals surface area contributed by atoms with Crippen molar-refractivity contribution in [1.82, 2.24) is 4.98 Å². The second-order valence-electron chi connectivity index (χ2n) is 6.16. The predicted octanol–water partition coefficient (Wildman–Crippen LogP) is 5.49. The SMILES string of the molecule is CC(=O)/C=C(/C)O.Cc1[c-]c(-c2cc(F)c3ccccc3n2)cc(C)c1.[Ir]. The first kappa shape index (κ1) is 22.7. The number of allylic oxidation sites excluding steroid dienone is 2. The number of rotatable bonds is 2. The number of benzene rings is 2. The third-order valence-electron chi connectivity index (χ3n) is 3.50. The van der Waals surface area contributed by atoms with Crippen molar-refractivity contribution >= 4 is 16.7 Å². The molecule has 0 atom stereocenters. The van der Waals surface area contributed by atoms with Gasteiger partial charge in [0.05, 0.1) is 11.3 Å². The Labute approximate surface area is 172 Å². The van der Waals surface area contributed by atoms with E-state index < -0.39 is 0 Å². The maximum absolute atomic E-state index is 14.1. The zero-order valence-electron chi connectivity index (χ0n) is 15.6. The van der Waals surface area contributed by atoms with E-state index >= 15 is 0 Å². The molecule has 27 heavy (non-hydrogen) atoms. The molecule has 0 unspecified atom stereocenters. The molecule has 0 saturated carbocycles. The van der Waals surface area contributed by atoms with E-state index in [1.165, 1.54) is 26.0 Å². The summed E-state index contributed by atoms with van der Waals surface area (Å²) in [4.78, 5) is 14.5. The molecular weight excluding hydrogens is 521 g/mol. The van der Waals surface area contributed by atoms with Crippen LogP contribution in [-0.2, 0) is 24.9 Å². The molecule has 0 aliphatic heterocycles. The molecule has 3 nitrogen and oxygen atoms in total. The van der Waals surface area contributed by atoms with E-state index in [9.17, 15) is 9.18 Å². The monoisotopic (exact) mass is 543 g/mol. The first-order chi connectivity index (χ1) is 12.3. The number of aliphatic hydroxyl groups is 1. The first-order valence-corrected chi connectivity index (χ1v) is 8.20. The van der Waals surface area contributed by atoms with E-state index in [2.05, 4.69) is 11.1 Å². The van der Waals surface area contributed by atoms with Gasteiger partial charge < -0.3 is 5.11 Å². The number of hydrogen-bond acceptors (Lipinski definition) is 3. The van der Waals surface area contributed by atoms with Gasteiger partial charge in [0.2, 0.25) is 0 Å². The molecule has 0 aliphatic rings. The number of fused-ring (bicyclic) bond motifs is 1. The van der Waals surface area contributed by atoms with Crippen molar-refractivity contribution in [1.29, 1.82) is 0 Å². The molecule has 3 rings (SSSR count). The average Bonchev–Trinajstić information content (AvgIpc) is 2.53. The van der Waals surface area contributed by atoms with Crippen LogP contribution in [0.15, 0.2) is 54.3 Å². The quantitative estimate of drug-likeness (QED) is 0.265. The Morgan fingerprint density at radius 1 is 1.15 bits per heavy atom. The Bertz CT molecular complexity index is 959. The number of aromatic nitrogens is 1. The fraction of sp³-hybridized carbons (Fsp3) is 0.182. The van der Waals surface area contributed by atoms with Crippen LogP contribution in [-0.4, -0.2) is 15.9 Å². The van der Waals surface area contributed by atoms with E-state index in [1.807, 2.05) is 44.2 Å². The second kappa shape index (κ2) is 10.1. The summed E-state index contributed by atoms with van der Waals surface area (Å²) in [5.41, 5.74) is 4.29. The van der Waals surface area contributed by atoms with Crippen LogP contribution in [0.1, 0.15) is 25.0 Å². The molecule has 3 aromatic rings. The van der Waals surface area contributed by atoms with Crippen molar-refractivity contribution < 1.29 is 34.4 Å². The van der Waals surface area contributed by atoms with Crippen molar-refractivity contribution in [3.05, 3.63) is 77.3 Å². The number of hydrogen-bond donors (Lipinski definition) is 1. The molecule has 0 spiro atoms.